The van der Waals surface area contributed by atoms with Crippen LogP contribution in [0.5, 0.6) is 23.0 Å². The predicted molar refractivity (Wildman–Crippen MR) is 215 cm³/mol. The summed E-state index contributed by atoms with van der Waals surface area (Å²) < 4.78 is 13.5. The Morgan fingerprint density at radius 3 is 1.33 bits per heavy atom. The molecule has 0 aliphatic carbocycles. The van der Waals surface area contributed by atoms with Gasteiger partial charge in [0, 0.05) is 54.8 Å². The summed E-state index contributed by atoms with van der Waals surface area (Å²) in [5.41, 5.74) is 13.2. The van der Waals surface area contributed by atoms with Gasteiger partial charge < -0.3 is 19.3 Å². The van der Waals surface area contributed by atoms with E-state index in [1.54, 1.807) is 0 Å². The van der Waals surface area contributed by atoms with E-state index in [4.69, 9.17) is 9.47 Å². The number of anilines is 6. The Hall–Kier alpha value is -5.43. The van der Waals surface area contributed by atoms with Crippen LogP contribution in [0.1, 0.15) is 5.56 Å². The fourth-order valence-corrected chi connectivity index (χ4v) is 10.8. The summed E-state index contributed by atoms with van der Waals surface area (Å²) in [6, 6.07) is 54.0. The highest BCUT2D eigenvalue weighted by molar-refractivity contribution is 8.28. The lowest BCUT2D eigenvalue weighted by atomic mass is 9.52. The zero-order valence-corrected chi connectivity index (χ0v) is 29.2. The molecule has 4 heterocycles. The first-order valence-electron chi connectivity index (χ1n) is 17.2. The highest BCUT2D eigenvalue weighted by Gasteiger charge is 2.46. The van der Waals surface area contributed by atoms with Crippen LogP contribution >= 0.6 is 23.2 Å². The van der Waals surface area contributed by atoms with E-state index < -0.39 is 0 Å². The number of hydrogen-bond donors (Lipinski definition) is 0. The zero-order chi connectivity index (χ0) is 33.6. The topological polar surface area (TPSA) is 24.9 Å². The minimum atomic E-state index is 0.0138. The van der Waals surface area contributed by atoms with Crippen molar-refractivity contribution in [3.8, 4) is 23.0 Å². The quantitative estimate of drug-likeness (QED) is 0.168. The van der Waals surface area contributed by atoms with Gasteiger partial charge in [-0.3, -0.25) is 0 Å². The van der Waals surface area contributed by atoms with E-state index in [9.17, 15) is 0 Å². The second-order valence-electron chi connectivity index (χ2n) is 13.2. The van der Waals surface area contributed by atoms with Crippen LogP contribution in [-0.4, -0.2) is 12.0 Å². The number of fused-ring (bicyclic) bond motifs is 6. The monoisotopic (exact) mass is 690 g/mol. The van der Waals surface area contributed by atoms with Gasteiger partial charge in [-0.2, -0.15) is 23.2 Å². The van der Waals surface area contributed by atoms with Gasteiger partial charge in [0.05, 0.1) is 0 Å². The van der Waals surface area contributed by atoms with Crippen molar-refractivity contribution in [1.82, 2.24) is 0 Å². The number of ether oxygens (including phenoxy) is 2. The molecule has 0 spiro atoms. The van der Waals surface area contributed by atoms with E-state index in [1.807, 2.05) is 23.2 Å². The normalized spacial score (nSPS) is 14.4. The molecular weight excluding hydrogens is 662 g/mol. The maximum Gasteiger partial charge on any atom is 0.289 e. The Balaban J connectivity index is 1.25. The molecule has 7 aromatic carbocycles. The Kier molecular flexibility index (Phi) is 6.49. The fourth-order valence-electron chi connectivity index (χ4n) is 8.24. The van der Waals surface area contributed by atoms with Crippen molar-refractivity contribution in [2.75, 3.05) is 9.80 Å². The molecule has 0 N–H and O–H groups in total. The summed E-state index contributed by atoms with van der Waals surface area (Å²) in [4.78, 5) is 7.22. The SMILES string of the molecule is Cc1c2c(cc3c1N(c1ccccc1)c1cccc4c1B3Sc1ccccc1O4)B1Sc3ccccc3Oc3cccc(c31)N2c1ccccc1. The van der Waals surface area contributed by atoms with Crippen molar-refractivity contribution in [2.24, 2.45) is 0 Å². The fraction of sp³-hybridized carbons (Fsp3) is 0.0233. The average molecular weight is 690 g/mol. The van der Waals surface area contributed by atoms with Crippen LogP contribution in [-0.2, 0) is 0 Å². The number of hydrogen-bond acceptors (Lipinski definition) is 6. The van der Waals surface area contributed by atoms with Crippen LogP contribution in [0, 0.1) is 6.92 Å². The van der Waals surface area contributed by atoms with E-state index in [0.29, 0.717) is 0 Å². The van der Waals surface area contributed by atoms with Gasteiger partial charge in [-0.1, -0.05) is 78.9 Å². The lowest BCUT2D eigenvalue weighted by molar-refractivity contribution is 0.475. The van der Waals surface area contributed by atoms with E-state index in [0.717, 1.165) is 55.5 Å². The molecule has 240 valence electrons. The number of nitrogens with zero attached hydrogens (tertiary/aromatic N) is 2. The second kappa shape index (κ2) is 11.3. The molecule has 0 fully saturated rings. The zero-order valence-electron chi connectivity index (χ0n) is 27.6. The molecule has 0 saturated heterocycles. The molecular formula is C43H28B2N2O2S2. The van der Waals surface area contributed by atoms with Gasteiger partial charge in [0.25, 0.3) is 12.0 Å². The van der Waals surface area contributed by atoms with E-state index >= 15 is 0 Å². The highest BCUT2D eigenvalue weighted by atomic mass is 32.2. The van der Waals surface area contributed by atoms with Gasteiger partial charge in [-0.25, -0.2) is 0 Å². The smallest absolute Gasteiger partial charge is 0.289 e. The van der Waals surface area contributed by atoms with E-state index in [1.165, 1.54) is 38.8 Å². The molecule has 0 saturated carbocycles. The molecule has 0 amide bonds. The Morgan fingerprint density at radius 1 is 0.451 bits per heavy atom. The summed E-state index contributed by atoms with van der Waals surface area (Å²) in [6.07, 6.45) is 0. The summed E-state index contributed by atoms with van der Waals surface area (Å²) >= 11 is 3.78. The maximum absolute atomic E-state index is 6.76. The minimum absolute atomic E-state index is 0.0138. The van der Waals surface area contributed by atoms with Crippen molar-refractivity contribution in [1.29, 1.82) is 0 Å². The standard InChI is InChI=1S/C43H28B2N2O2S2/c1-27-42-30(44-40-32(46(42)28-14-4-2-5-15-28)18-12-22-36(40)48-34-20-8-10-24-38(34)50-44)26-31-43(27)47(29-16-6-3-7-17-29)33-19-13-23-37-41(33)45(31)51-39-25-11-9-21-35(39)49-37/h2-26H,1H3. The lowest BCUT2D eigenvalue weighted by Gasteiger charge is -2.43. The van der Waals surface area contributed by atoms with E-state index in [2.05, 4.69) is 168 Å². The highest BCUT2D eigenvalue weighted by Crippen LogP contribution is 2.51. The van der Waals surface area contributed by atoms with Crippen molar-refractivity contribution in [3.05, 3.63) is 157 Å². The summed E-state index contributed by atoms with van der Waals surface area (Å²) in [5.74, 6) is 3.63. The third-order valence-corrected chi connectivity index (χ3v) is 13.0. The lowest BCUT2D eigenvalue weighted by Crippen LogP contribution is -2.54. The molecule has 11 rings (SSSR count). The van der Waals surface area contributed by atoms with Crippen LogP contribution in [0.15, 0.2) is 161 Å². The molecule has 0 aromatic heterocycles. The average Bonchev–Trinajstić information content (AvgIpc) is 3.46. The Bertz CT molecular complexity index is 2380. The molecule has 4 aliphatic heterocycles. The number of benzene rings is 7. The first-order chi connectivity index (χ1) is 25.2. The summed E-state index contributed by atoms with van der Waals surface area (Å²) in [5, 5.41) is 0. The number of rotatable bonds is 2. The Morgan fingerprint density at radius 2 is 0.863 bits per heavy atom. The molecule has 51 heavy (non-hydrogen) atoms. The van der Waals surface area contributed by atoms with Crippen molar-refractivity contribution >= 4 is 91.2 Å². The van der Waals surface area contributed by atoms with E-state index in [-0.39, 0.29) is 12.0 Å². The molecule has 4 aliphatic rings. The molecule has 4 nitrogen and oxygen atoms in total. The number of para-hydroxylation sites is 4. The molecule has 0 unspecified atom stereocenters. The first kappa shape index (κ1) is 29.3. The third kappa shape index (κ3) is 4.33. The maximum atomic E-state index is 6.76. The Labute approximate surface area is 306 Å². The van der Waals surface area contributed by atoms with Crippen LogP contribution in [0.2, 0.25) is 0 Å². The van der Waals surface area contributed by atoms with Gasteiger partial charge in [0.2, 0.25) is 0 Å². The van der Waals surface area contributed by atoms with Crippen LogP contribution in [0.3, 0.4) is 0 Å². The molecule has 0 radical (unpaired) electrons. The van der Waals surface area contributed by atoms with Crippen LogP contribution < -0.4 is 41.1 Å². The molecule has 8 heteroatoms. The van der Waals surface area contributed by atoms with Crippen molar-refractivity contribution in [3.63, 3.8) is 0 Å². The van der Waals surface area contributed by atoms with Crippen molar-refractivity contribution < 1.29 is 9.47 Å². The minimum Gasteiger partial charge on any atom is -0.457 e. The van der Waals surface area contributed by atoms with Gasteiger partial charge in [-0.15, -0.1) is 0 Å². The third-order valence-electron chi connectivity index (χ3n) is 10.3. The second-order valence-corrected chi connectivity index (χ2v) is 15.5. The molecule has 0 bridgehead atoms. The predicted octanol–water partition coefficient (Wildman–Crippen LogP) is 9.57. The van der Waals surface area contributed by atoms with Crippen LogP contribution in [0.25, 0.3) is 0 Å². The van der Waals surface area contributed by atoms with Gasteiger partial charge in [-0.05, 0) is 96.2 Å². The molecule has 0 atom stereocenters. The van der Waals surface area contributed by atoms with Gasteiger partial charge in [0.15, 0.2) is 0 Å². The first-order valence-corrected chi connectivity index (χ1v) is 19.0. The van der Waals surface area contributed by atoms with Crippen LogP contribution in [0.4, 0.5) is 34.1 Å². The summed E-state index contributed by atoms with van der Waals surface area (Å²) in [6.45, 7) is 2.32. The van der Waals surface area contributed by atoms with Gasteiger partial charge in [0.1, 0.15) is 23.0 Å². The largest absolute Gasteiger partial charge is 0.457 e. The van der Waals surface area contributed by atoms with Crippen molar-refractivity contribution in [2.45, 2.75) is 16.7 Å². The summed E-state index contributed by atoms with van der Waals surface area (Å²) in [7, 11) is 0. The molecule has 7 aromatic rings. The van der Waals surface area contributed by atoms with Gasteiger partial charge >= 0.3 is 0 Å².